The molecule has 0 spiro atoms. The van der Waals surface area contributed by atoms with Crippen molar-refractivity contribution >= 4 is 17.5 Å². The summed E-state index contributed by atoms with van der Waals surface area (Å²) in [5.41, 5.74) is 2.24. The fraction of sp³-hybridized carbons (Fsp3) is 0.524. The number of aromatic nitrogens is 1. The quantitative estimate of drug-likeness (QED) is 0.662. The first-order chi connectivity index (χ1) is 13.5. The van der Waals surface area contributed by atoms with Gasteiger partial charge in [0.25, 0.3) is 5.91 Å². The minimum Gasteiger partial charge on any atom is -0.486 e. The molecule has 2 heterocycles. The second-order valence-electron chi connectivity index (χ2n) is 7.27. The first-order valence-corrected chi connectivity index (χ1v) is 10.2. The molecule has 0 bridgehead atoms. The van der Waals surface area contributed by atoms with E-state index < -0.39 is 0 Å². The molecule has 0 atom stereocenters. The molecule has 6 nitrogen and oxygen atoms in total. The second-order valence-corrected chi connectivity index (χ2v) is 7.65. The van der Waals surface area contributed by atoms with E-state index in [0.717, 1.165) is 35.8 Å². The first kappa shape index (κ1) is 20.7. The number of hydrogen-bond donors (Lipinski definition) is 0. The van der Waals surface area contributed by atoms with Crippen molar-refractivity contribution in [3.05, 3.63) is 45.8 Å². The average molecular weight is 406 g/mol. The maximum atomic E-state index is 12.7. The Morgan fingerprint density at radius 1 is 1.25 bits per heavy atom. The zero-order valence-corrected chi connectivity index (χ0v) is 17.6. The van der Waals surface area contributed by atoms with Crippen LogP contribution in [0, 0.1) is 13.8 Å². The van der Waals surface area contributed by atoms with Gasteiger partial charge in [-0.2, -0.15) is 0 Å². The number of nitrogens with zero attached hydrogens (tertiary/aromatic N) is 3. The van der Waals surface area contributed by atoms with Gasteiger partial charge in [-0.1, -0.05) is 16.8 Å². The van der Waals surface area contributed by atoms with Crippen molar-refractivity contribution in [2.24, 2.45) is 0 Å². The molecule has 152 valence electrons. The molecule has 0 N–H and O–H groups in total. The van der Waals surface area contributed by atoms with E-state index in [0.29, 0.717) is 30.3 Å². The maximum Gasteiger partial charge on any atom is 0.276 e. The van der Waals surface area contributed by atoms with Gasteiger partial charge in [0, 0.05) is 30.7 Å². The van der Waals surface area contributed by atoms with E-state index in [-0.39, 0.29) is 12.5 Å². The number of likely N-dealkylation sites (N-methyl/N-ethyl adjacent to an activating group) is 1. The van der Waals surface area contributed by atoms with Crippen molar-refractivity contribution in [1.82, 2.24) is 15.0 Å². The van der Waals surface area contributed by atoms with E-state index in [2.05, 4.69) is 10.1 Å². The molecule has 0 radical (unpaired) electrons. The summed E-state index contributed by atoms with van der Waals surface area (Å²) in [5.74, 6) is 1.13. The van der Waals surface area contributed by atoms with Crippen LogP contribution in [-0.4, -0.2) is 53.6 Å². The monoisotopic (exact) mass is 405 g/mol. The van der Waals surface area contributed by atoms with Crippen LogP contribution in [-0.2, 0) is 6.61 Å². The molecule has 1 aliphatic rings. The number of carbonyl (C=O) groups excluding carboxylic acids is 1. The molecule has 3 rings (SSSR count). The van der Waals surface area contributed by atoms with Crippen molar-refractivity contribution in [1.29, 1.82) is 0 Å². The lowest BCUT2D eigenvalue weighted by molar-refractivity contribution is 0.0739. The highest BCUT2D eigenvalue weighted by molar-refractivity contribution is 6.32. The van der Waals surface area contributed by atoms with Crippen LogP contribution in [0.5, 0.6) is 5.75 Å². The van der Waals surface area contributed by atoms with Gasteiger partial charge in [-0.05, 0) is 70.0 Å². The van der Waals surface area contributed by atoms with Gasteiger partial charge < -0.3 is 19.1 Å². The van der Waals surface area contributed by atoms with Gasteiger partial charge in [0.05, 0.1) is 0 Å². The predicted molar refractivity (Wildman–Crippen MR) is 109 cm³/mol. The fourth-order valence-electron chi connectivity index (χ4n) is 3.46. The van der Waals surface area contributed by atoms with E-state index >= 15 is 0 Å². The van der Waals surface area contributed by atoms with Crippen LogP contribution in [0.3, 0.4) is 0 Å². The summed E-state index contributed by atoms with van der Waals surface area (Å²) < 4.78 is 11.1. The van der Waals surface area contributed by atoms with Crippen LogP contribution in [0.25, 0.3) is 0 Å². The SMILES string of the molecule is CCN(CCN1CCCC1)C(=O)c1cc(COc2cc(C)c(Cl)c(C)c2)on1. The van der Waals surface area contributed by atoms with Crippen LogP contribution in [0.1, 0.15) is 47.1 Å². The van der Waals surface area contributed by atoms with Gasteiger partial charge in [-0.25, -0.2) is 0 Å². The number of carbonyl (C=O) groups is 1. The van der Waals surface area contributed by atoms with Gasteiger partial charge >= 0.3 is 0 Å². The smallest absolute Gasteiger partial charge is 0.276 e. The van der Waals surface area contributed by atoms with E-state index in [1.807, 2.05) is 37.8 Å². The number of rotatable bonds is 8. The van der Waals surface area contributed by atoms with Crippen LogP contribution >= 0.6 is 11.6 Å². The lowest BCUT2D eigenvalue weighted by Crippen LogP contribution is -2.37. The minimum absolute atomic E-state index is 0.102. The number of likely N-dealkylation sites (tertiary alicyclic amines) is 1. The van der Waals surface area contributed by atoms with Crippen LogP contribution in [0.4, 0.5) is 0 Å². The third-order valence-electron chi connectivity index (χ3n) is 5.12. The Hall–Kier alpha value is -2.05. The molecule has 2 aromatic rings. The Balaban J connectivity index is 1.56. The predicted octanol–water partition coefficient (Wildman–Crippen LogP) is 4.08. The Labute approximate surface area is 171 Å². The minimum atomic E-state index is -0.102. The normalized spacial score (nSPS) is 14.4. The van der Waals surface area contributed by atoms with E-state index in [4.69, 9.17) is 20.9 Å². The van der Waals surface area contributed by atoms with E-state index in [9.17, 15) is 4.79 Å². The number of ether oxygens (including phenoxy) is 1. The highest BCUT2D eigenvalue weighted by atomic mass is 35.5. The summed E-state index contributed by atoms with van der Waals surface area (Å²) in [6.07, 6.45) is 2.50. The number of hydrogen-bond acceptors (Lipinski definition) is 5. The summed E-state index contributed by atoms with van der Waals surface area (Å²) in [6, 6.07) is 5.43. The maximum absolute atomic E-state index is 12.7. The van der Waals surface area contributed by atoms with Gasteiger partial charge in [-0.3, -0.25) is 4.79 Å². The Kier molecular flexibility index (Phi) is 6.97. The van der Waals surface area contributed by atoms with Crippen molar-refractivity contribution in [3.63, 3.8) is 0 Å². The summed E-state index contributed by atoms with van der Waals surface area (Å²) in [5, 5.41) is 4.69. The summed E-state index contributed by atoms with van der Waals surface area (Å²) in [7, 11) is 0. The zero-order valence-electron chi connectivity index (χ0n) is 16.8. The molecule has 0 aliphatic carbocycles. The van der Waals surface area contributed by atoms with Crippen LogP contribution < -0.4 is 4.74 Å². The molecular formula is C21H28ClN3O3. The van der Waals surface area contributed by atoms with Crippen molar-refractivity contribution in [3.8, 4) is 5.75 Å². The Bertz CT molecular complexity index is 792. The third kappa shape index (κ3) is 5.06. The summed E-state index contributed by atoms with van der Waals surface area (Å²) in [4.78, 5) is 16.9. The van der Waals surface area contributed by atoms with Crippen molar-refractivity contribution < 1.29 is 14.1 Å². The molecule has 7 heteroatoms. The molecule has 28 heavy (non-hydrogen) atoms. The Morgan fingerprint density at radius 3 is 2.57 bits per heavy atom. The number of benzene rings is 1. The van der Waals surface area contributed by atoms with Crippen LogP contribution in [0.15, 0.2) is 22.7 Å². The van der Waals surface area contributed by atoms with E-state index in [1.54, 1.807) is 6.07 Å². The third-order valence-corrected chi connectivity index (χ3v) is 5.72. The lowest BCUT2D eigenvalue weighted by atomic mass is 10.1. The summed E-state index contributed by atoms with van der Waals surface area (Å²) >= 11 is 6.19. The molecule has 1 saturated heterocycles. The zero-order chi connectivity index (χ0) is 20.1. The topological polar surface area (TPSA) is 58.8 Å². The molecule has 1 aliphatic heterocycles. The van der Waals surface area contributed by atoms with Crippen molar-refractivity contribution in [2.75, 3.05) is 32.7 Å². The molecule has 0 unspecified atom stereocenters. The van der Waals surface area contributed by atoms with Gasteiger partial charge in [0.1, 0.15) is 12.4 Å². The average Bonchev–Trinajstić information content (AvgIpc) is 3.36. The number of halogens is 1. The second kappa shape index (κ2) is 9.43. The van der Waals surface area contributed by atoms with Gasteiger partial charge in [0.15, 0.2) is 11.5 Å². The van der Waals surface area contributed by atoms with Crippen LogP contribution in [0.2, 0.25) is 5.02 Å². The van der Waals surface area contributed by atoms with E-state index in [1.165, 1.54) is 12.8 Å². The fourth-order valence-corrected chi connectivity index (χ4v) is 3.57. The largest absolute Gasteiger partial charge is 0.486 e. The molecule has 1 amide bonds. The molecule has 1 aromatic heterocycles. The number of aryl methyl sites for hydroxylation is 2. The highest BCUT2D eigenvalue weighted by Gasteiger charge is 2.20. The van der Waals surface area contributed by atoms with Gasteiger partial charge in [0.2, 0.25) is 0 Å². The summed E-state index contributed by atoms with van der Waals surface area (Å²) in [6.45, 7) is 10.6. The Morgan fingerprint density at radius 2 is 1.93 bits per heavy atom. The molecular weight excluding hydrogens is 378 g/mol. The van der Waals surface area contributed by atoms with Gasteiger partial charge in [-0.15, -0.1) is 0 Å². The first-order valence-electron chi connectivity index (χ1n) is 9.84. The molecule has 1 fully saturated rings. The highest BCUT2D eigenvalue weighted by Crippen LogP contribution is 2.26. The van der Waals surface area contributed by atoms with Crippen molar-refractivity contribution in [2.45, 2.75) is 40.2 Å². The molecule has 1 aromatic carbocycles. The number of amides is 1. The molecule has 0 saturated carbocycles. The lowest BCUT2D eigenvalue weighted by Gasteiger charge is -2.23. The standard InChI is InChI=1S/C21H28ClN3O3/c1-4-25(10-9-24-7-5-6-8-24)21(26)19-13-18(28-23-19)14-27-17-11-15(2)20(22)16(3)12-17/h11-13H,4-10,14H2,1-3H3.